The molecule has 0 saturated carbocycles. The van der Waals surface area contributed by atoms with Crippen LogP contribution < -0.4 is 10.2 Å². The molecule has 2 aliphatic rings. The summed E-state index contributed by atoms with van der Waals surface area (Å²) < 4.78 is 5.70. The van der Waals surface area contributed by atoms with Crippen molar-refractivity contribution in [2.24, 2.45) is 0 Å². The van der Waals surface area contributed by atoms with Crippen molar-refractivity contribution in [1.29, 1.82) is 0 Å². The summed E-state index contributed by atoms with van der Waals surface area (Å²) in [5, 5.41) is 11.7. The average Bonchev–Trinajstić information content (AvgIpc) is 3.14. The molecule has 3 rings (SSSR count). The van der Waals surface area contributed by atoms with E-state index >= 15 is 0 Å². The number of carbonyl (C=O) groups excluding carboxylic acids is 1. The van der Waals surface area contributed by atoms with E-state index < -0.39 is 0 Å². The Morgan fingerprint density at radius 1 is 1.33 bits per heavy atom. The van der Waals surface area contributed by atoms with Gasteiger partial charge in [0.1, 0.15) is 0 Å². The van der Waals surface area contributed by atoms with Crippen LogP contribution in [0.25, 0.3) is 0 Å². The highest BCUT2D eigenvalue weighted by molar-refractivity contribution is 5.75. The largest absolute Gasteiger partial charge is 0.373 e. The quantitative estimate of drug-likeness (QED) is 0.915. The molecular formula is C17H27N5O2. The summed E-state index contributed by atoms with van der Waals surface area (Å²) in [6.07, 6.45) is 2.77. The summed E-state index contributed by atoms with van der Waals surface area (Å²) in [6.45, 7) is 5.50. The molecule has 1 aromatic heterocycles. The van der Waals surface area contributed by atoms with Crippen LogP contribution in [0.15, 0.2) is 12.1 Å². The monoisotopic (exact) mass is 333 g/mol. The molecule has 2 fully saturated rings. The number of amides is 2. The molecule has 7 heteroatoms. The molecule has 0 aliphatic carbocycles. The minimum absolute atomic E-state index is 0.000791. The molecule has 132 valence electrons. The number of urea groups is 1. The van der Waals surface area contributed by atoms with E-state index in [-0.39, 0.29) is 23.7 Å². The van der Waals surface area contributed by atoms with Gasteiger partial charge in [-0.1, -0.05) is 0 Å². The molecule has 1 aromatic rings. The minimum atomic E-state index is -0.307. The second kappa shape index (κ2) is 6.55. The minimum Gasteiger partial charge on any atom is -0.373 e. The topological polar surface area (TPSA) is 70.6 Å². The zero-order valence-corrected chi connectivity index (χ0v) is 15.0. The van der Waals surface area contributed by atoms with E-state index in [1.54, 1.807) is 0 Å². The average molecular weight is 333 g/mol. The Labute approximate surface area is 143 Å². The molecule has 0 spiro atoms. The van der Waals surface area contributed by atoms with Gasteiger partial charge < -0.3 is 19.9 Å². The van der Waals surface area contributed by atoms with Gasteiger partial charge >= 0.3 is 6.03 Å². The Balaban J connectivity index is 1.69. The number of carbonyl (C=O) groups is 1. The Kier molecular flexibility index (Phi) is 4.62. The molecule has 0 aromatic carbocycles. The van der Waals surface area contributed by atoms with Crippen molar-refractivity contribution in [3.63, 3.8) is 0 Å². The number of anilines is 1. The maximum Gasteiger partial charge on any atom is 0.318 e. The summed E-state index contributed by atoms with van der Waals surface area (Å²) in [5.41, 5.74) is 0.549. The predicted octanol–water partition coefficient (Wildman–Crippen LogP) is 1.96. The normalized spacial score (nSPS) is 25.8. The third-order valence-electron chi connectivity index (χ3n) is 5.00. The van der Waals surface area contributed by atoms with Crippen molar-refractivity contribution in [3.8, 4) is 0 Å². The Morgan fingerprint density at radius 2 is 2.12 bits per heavy atom. The zero-order valence-electron chi connectivity index (χ0n) is 15.0. The Bertz CT molecular complexity index is 587. The SMILES string of the molecule is CN(C)c1ccc(C2CCCN2C(=O)NC2CCOC2(C)C)nn1. The van der Waals surface area contributed by atoms with Crippen molar-refractivity contribution in [2.75, 3.05) is 32.1 Å². The number of nitrogens with one attached hydrogen (secondary N) is 1. The van der Waals surface area contributed by atoms with Crippen LogP contribution in [0.5, 0.6) is 0 Å². The van der Waals surface area contributed by atoms with Crippen LogP contribution in [0.1, 0.15) is 44.8 Å². The number of hydrogen-bond donors (Lipinski definition) is 1. The van der Waals surface area contributed by atoms with E-state index in [9.17, 15) is 4.79 Å². The number of ether oxygens (including phenoxy) is 1. The first kappa shape index (κ1) is 17.0. The number of hydrogen-bond acceptors (Lipinski definition) is 5. The fourth-order valence-corrected chi connectivity index (χ4v) is 3.44. The van der Waals surface area contributed by atoms with E-state index in [1.807, 2.05) is 49.9 Å². The summed E-state index contributed by atoms with van der Waals surface area (Å²) in [4.78, 5) is 16.5. The number of aromatic nitrogens is 2. The van der Waals surface area contributed by atoms with Crippen LogP contribution in [-0.2, 0) is 4.74 Å². The van der Waals surface area contributed by atoms with Crippen LogP contribution in [-0.4, -0.2) is 60.0 Å². The second-order valence-corrected chi connectivity index (χ2v) is 7.30. The third kappa shape index (κ3) is 3.31. The maximum atomic E-state index is 12.8. The van der Waals surface area contributed by atoms with Crippen molar-refractivity contribution in [1.82, 2.24) is 20.4 Å². The van der Waals surface area contributed by atoms with Gasteiger partial charge in [-0.3, -0.25) is 0 Å². The van der Waals surface area contributed by atoms with Gasteiger partial charge in [0, 0.05) is 27.2 Å². The van der Waals surface area contributed by atoms with Crippen molar-refractivity contribution in [2.45, 2.75) is 50.8 Å². The first-order valence-corrected chi connectivity index (χ1v) is 8.60. The van der Waals surface area contributed by atoms with Crippen LogP contribution in [0.2, 0.25) is 0 Å². The fourth-order valence-electron chi connectivity index (χ4n) is 3.44. The van der Waals surface area contributed by atoms with Crippen molar-refractivity contribution >= 4 is 11.8 Å². The molecule has 0 bridgehead atoms. The lowest BCUT2D eigenvalue weighted by atomic mass is 9.99. The first-order valence-electron chi connectivity index (χ1n) is 8.60. The van der Waals surface area contributed by atoms with Crippen LogP contribution in [0, 0.1) is 0 Å². The molecular weight excluding hydrogens is 306 g/mol. The van der Waals surface area contributed by atoms with Gasteiger partial charge in [0.2, 0.25) is 0 Å². The van der Waals surface area contributed by atoms with Gasteiger partial charge in [0.05, 0.1) is 23.4 Å². The molecule has 2 atom stereocenters. The van der Waals surface area contributed by atoms with Crippen LogP contribution in [0.3, 0.4) is 0 Å². The van der Waals surface area contributed by atoms with E-state index in [4.69, 9.17) is 4.74 Å². The Hall–Kier alpha value is -1.89. The lowest BCUT2D eigenvalue weighted by molar-refractivity contribution is 0.0224. The summed E-state index contributed by atoms with van der Waals surface area (Å²) >= 11 is 0. The lowest BCUT2D eigenvalue weighted by Crippen LogP contribution is -2.50. The number of rotatable bonds is 3. The predicted molar refractivity (Wildman–Crippen MR) is 92.0 cm³/mol. The molecule has 2 unspecified atom stereocenters. The number of nitrogens with zero attached hydrogens (tertiary/aromatic N) is 4. The van der Waals surface area contributed by atoms with Crippen molar-refractivity contribution < 1.29 is 9.53 Å². The van der Waals surface area contributed by atoms with Crippen molar-refractivity contribution in [3.05, 3.63) is 17.8 Å². The third-order valence-corrected chi connectivity index (χ3v) is 5.00. The molecule has 2 aliphatic heterocycles. The molecule has 7 nitrogen and oxygen atoms in total. The van der Waals surface area contributed by atoms with Gasteiger partial charge in [-0.2, -0.15) is 5.10 Å². The van der Waals surface area contributed by atoms with E-state index in [2.05, 4.69) is 15.5 Å². The molecule has 2 saturated heterocycles. The highest BCUT2D eigenvalue weighted by Crippen LogP contribution is 2.32. The smallest absolute Gasteiger partial charge is 0.318 e. The van der Waals surface area contributed by atoms with Crippen LogP contribution in [0.4, 0.5) is 10.6 Å². The summed E-state index contributed by atoms with van der Waals surface area (Å²) in [7, 11) is 3.87. The molecule has 24 heavy (non-hydrogen) atoms. The highest BCUT2D eigenvalue weighted by atomic mass is 16.5. The summed E-state index contributed by atoms with van der Waals surface area (Å²) in [5.74, 6) is 0.817. The van der Waals surface area contributed by atoms with Gasteiger partial charge in [-0.25, -0.2) is 4.79 Å². The highest BCUT2D eigenvalue weighted by Gasteiger charge is 2.39. The molecule has 3 heterocycles. The molecule has 1 N–H and O–H groups in total. The zero-order chi connectivity index (χ0) is 17.3. The Morgan fingerprint density at radius 3 is 2.71 bits per heavy atom. The van der Waals surface area contributed by atoms with E-state index in [0.717, 1.165) is 37.3 Å². The fraction of sp³-hybridized carbons (Fsp3) is 0.706. The van der Waals surface area contributed by atoms with Gasteiger partial charge in [0.15, 0.2) is 5.82 Å². The molecule has 0 radical (unpaired) electrons. The van der Waals surface area contributed by atoms with Gasteiger partial charge in [0.25, 0.3) is 0 Å². The van der Waals surface area contributed by atoms with E-state index in [0.29, 0.717) is 6.61 Å². The standard InChI is InChI=1S/C17H27N5O2/c1-17(2)14(9-11-24-17)18-16(23)22-10-5-6-13(22)12-7-8-15(20-19-12)21(3)4/h7-8,13-14H,5-6,9-11H2,1-4H3,(H,18,23). The van der Waals surface area contributed by atoms with E-state index in [1.165, 1.54) is 0 Å². The second-order valence-electron chi connectivity index (χ2n) is 7.30. The number of likely N-dealkylation sites (tertiary alicyclic amines) is 1. The maximum absolute atomic E-state index is 12.8. The van der Waals surface area contributed by atoms with Gasteiger partial charge in [-0.05, 0) is 45.2 Å². The molecule has 2 amide bonds. The first-order chi connectivity index (χ1) is 11.4. The van der Waals surface area contributed by atoms with Crippen LogP contribution >= 0.6 is 0 Å². The lowest BCUT2D eigenvalue weighted by Gasteiger charge is -2.31. The van der Waals surface area contributed by atoms with Gasteiger partial charge in [-0.15, -0.1) is 5.10 Å². The summed E-state index contributed by atoms with van der Waals surface area (Å²) in [6, 6.07) is 3.94.